The van der Waals surface area contributed by atoms with Crippen molar-refractivity contribution in [2.75, 3.05) is 19.8 Å². The number of aryl methyl sites for hydroxylation is 1. The fourth-order valence-electron chi connectivity index (χ4n) is 1.81. The minimum Gasteiger partial charge on any atom is -0.379 e. The van der Waals surface area contributed by atoms with Gasteiger partial charge >= 0.3 is 0 Å². The Kier molecular flexibility index (Phi) is 6.19. The van der Waals surface area contributed by atoms with E-state index in [2.05, 4.69) is 19.1 Å². The van der Waals surface area contributed by atoms with Crippen molar-refractivity contribution >= 4 is 0 Å². The largest absolute Gasteiger partial charge is 0.379 e. The van der Waals surface area contributed by atoms with Gasteiger partial charge in [-0.3, -0.25) is 0 Å². The molecule has 3 nitrogen and oxygen atoms in total. The van der Waals surface area contributed by atoms with Gasteiger partial charge in [0.15, 0.2) is 0 Å². The number of ether oxygens (including phenoxy) is 2. The molecule has 1 aromatic rings. The molecule has 0 aliphatic rings. The molecule has 0 saturated heterocycles. The van der Waals surface area contributed by atoms with Crippen LogP contribution in [0.4, 0.5) is 0 Å². The molecule has 0 heterocycles. The highest BCUT2D eigenvalue weighted by Crippen LogP contribution is 2.21. The number of rotatable bonds is 7. The maximum Gasteiger partial charge on any atom is 0.0954 e. The second-order valence-electron chi connectivity index (χ2n) is 4.19. The van der Waals surface area contributed by atoms with Crippen LogP contribution in [0, 0.1) is 6.92 Å². The van der Waals surface area contributed by atoms with E-state index in [4.69, 9.17) is 15.2 Å². The molecule has 2 atom stereocenters. The van der Waals surface area contributed by atoms with Gasteiger partial charge in [0.1, 0.15) is 0 Å². The van der Waals surface area contributed by atoms with Gasteiger partial charge in [-0.1, -0.05) is 24.3 Å². The van der Waals surface area contributed by atoms with E-state index in [1.165, 1.54) is 11.1 Å². The molecule has 0 aliphatic heterocycles. The summed E-state index contributed by atoms with van der Waals surface area (Å²) < 4.78 is 11.3. The van der Waals surface area contributed by atoms with Crippen LogP contribution in [0.15, 0.2) is 24.3 Å². The van der Waals surface area contributed by atoms with Crippen molar-refractivity contribution in [1.29, 1.82) is 0 Å². The van der Waals surface area contributed by atoms with Crippen LogP contribution in [0.25, 0.3) is 0 Å². The Bertz CT molecular complexity index is 328. The van der Waals surface area contributed by atoms with Gasteiger partial charge < -0.3 is 15.2 Å². The molecule has 1 rings (SSSR count). The van der Waals surface area contributed by atoms with Gasteiger partial charge in [0.05, 0.1) is 18.8 Å². The lowest BCUT2D eigenvalue weighted by atomic mass is 10.0. The highest BCUT2D eigenvalue weighted by molar-refractivity contribution is 5.28. The molecule has 0 saturated carbocycles. The molecule has 3 heteroatoms. The van der Waals surface area contributed by atoms with Crippen LogP contribution in [0.2, 0.25) is 0 Å². The molecule has 0 amide bonds. The highest BCUT2D eigenvalue weighted by Gasteiger charge is 2.15. The highest BCUT2D eigenvalue weighted by atomic mass is 16.5. The molecule has 0 aromatic heterocycles. The maximum atomic E-state index is 5.92. The van der Waals surface area contributed by atoms with Crippen LogP contribution < -0.4 is 5.73 Å². The van der Waals surface area contributed by atoms with Crippen molar-refractivity contribution in [3.05, 3.63) is 35.4 Å². The summed E-state index contributed by atoms with van der Waals surface area (Å²) in [6, 6.07) is 8.19. The third-order valence-electron chi connectivity index (χ3n) is 2.70. The minimum absolute atomic E-state index is 0.0494. The average Bonchev–Trinajstić information content (AvgIpc) is 2.34. The van der Waals surface area contributed by atoms with Crippen molar-refractivity contribution in [2.45, 2.75) is 33.0 Å². The fraction of sp³-hybridized carbons (Fsp3) is 0.571. The molecular weight excluding hydrogens is 214 g/mol. The first-order valence-electron chi connectivity index (χ1n) is 6.17. The predicted octanol–water partition coefficient (Wildman–Crippen LogP) is 2.44. The summed E-state index contributed by atoms with van der Waals surface area (Å²) in [5, 5.41) is 0. The summed E-state index contributed by atoms with van der Waals surface area (Å²) in [6.07, 6.45) is 0.00904. The minimum atomic E-state index is -0.0494. The van der Waals surface area contributed by atoms with E-state index >= 15 is 0 Å². The van der Waals surface area contributed by atoms with Crippen molar-refractivity contribution < 1.29 is 9.47 Å². The SMILES string of the molecule is CCOCC(C)OC(CN)c1ccccc1C. The summed E-state index contributed by atoms with van der Waals surface area (Å²) in [7, 11) is 0. The predicted molar refractivity (Wildman–Crippen MR) is 70.0 cm³/mol. The van der Waals surface area contributed by atoms with E-state index in [1.807, 2.05) is 26.0 Å². The van der Waals surface area contributed by atoms with E-state index in [9.17, 15) is 0 Å². The Morgan fingerprint density at radius 2 is 2.00 bits per heavy atom. The smallest absolute Gasteiger partial charge is 0.0954 e. The van der Waals surface area contributed by atoms with Crippen molar-refractivity contribution in [3.8, 4) is 0 Å². The Morgan fingerprint density at radius 3 is 2.59 bits per heavy atom. The summed E-state index contributed by atoms with van der Waals surface area (Å²) in [5.41, 5.74) is 8.16. The number of benzene rings is 1. The molecule has 0 radical (unpaired) electrons. The molecular formula is C14H23NO2. The average molecular weight is 237 g/mol. The maximum absolute atomic E-state index is 5.92. The van der Waals surface area contributed by atoms with Gasteiger partial charge in [-0.05, 0) is 31.9 Å². The van der Waals surface area contributed by atoms with Crippen LogP contribution in [-0.4, -0.2) is 25.9 Å². The Balaban J connectivity index is 2.62. The standard InChI is InChI=1S/C14H23NO2/c1-4-16-10-12(3)17-14(9-15)13-8-6-5-7-11(13)2/h5-8,12,14H,4,9-10,15H2,1-3H3. The van der Waals surface area contributed by atoms with Crippen molar-refractivity contribution in [1.82, 2.24) is 0 Å². The lowest BCUT2D eigenvalue weighted by Gasteiger charge is -2.22. The zero-order valence-electron chi connectivity index (χ0n) is 11.0. The number of nitrogens with two attached hydrogens (primary N) is 1. The van der Waals surface area contributed by atoms with E-state index in [1.54, 1.807) is 0 Å². The van der Waals surface area contributed by atoms with E-state index in [0.717, 1.165) is 0 Å². The van der Waals surface area contributed by atoms with Gasteiger partial charge in [0, 0.05) is 13.2 Å². The van der Waals surface area contributed by atoms with Crippen LogP contribution in [0.1, 0.15) is 31.1 Å². The Morgan fingerprint density at radius 1 is 1.29 bits per heavy atom. The molecule has 96 valence electrons. The Hall–Kier alpha value is -0.900. The molecule has 0 fully saturated rings. The molecule has 0 bridgehead atoms. The van der Waals surface area contributed by atoms with Gasteiger partial charge in [-0.25, -0.2) is 0 Å². The van der Waals surface area contributed by atoms with Crippen LogP contribution in [0.3, 0.4) is 0 Å². The lowest BCUT2D eigenvalue weighted by molar-refractivity contribution is -0.0443. The van der Waals surface area contributed by atoms with Crippen LogP contribution in [-0.2, 0) is 9.47 Å². The van der Waals surface area contributed by atoms with Crippen molar-refractivity contribution in [3.63, 3.8) is 0 Å². The Labute approximate surface area is 104 Å². The number of hydrogen-bond acceptors (Lipinski definition) is 3. The van der Waals surface area contributed by atoms with Gasteiger partial charge in [-0.2, -0.15) is 0 Å². The summed E-state index contributed by atoms with van der Waals surface area (Å²) in [6.45, 7) is 7.88. The molecule has 2 N–H and O–H groups in total. The topological polar surface area (TPSA) is 44.5 Å². The normalized spacial score (nSPS) is 14.6. The summed E-state index contributed by atoms with van der Waals surface area (Å²) >= 11 is 0. The summed E-state index contributed by atoms with van der Waals surface area (Å²) in [5.74, 6) is 0. The molecule has 17 heavy (non-hydrogen) atoms. The second kappa shape index (κ2) is 7.43. The lowest BCUT2D eigenvalue weighted by Crippen LogP contribution is -2.24. The van der Waals surface area contributed by atoms with E-state index in [0.29, 0.717) is 19.8 Å². The van der Waals surface area contributed by atoms with Crippen molar-refractivity contribution in [2.24, 2.45) is 5.73 Å². The monoisotopic (exact) mass is 237 g/mol. The van der Waals surface area contributed by atoms with E-state index < -0.39 is 0 Å². The molecule has 2 unspecified atom stereocenters. The first-order valence-corrected chi connectivity index (χ1v) is 6.17. The van der Waals surface area contributed by atoms with Gasteiger partial charge in [-0.15, -0.1) is 0 Å². The van der Waals surface area contributed by atoms with Gasteiger partial charge in [0.2, 0.25) is 0 Å². The molecule has 0 spiro atoms. The molecule has 0 aliphatic carbocycles. The first-order chi connectivity index (χ1) is 8.19. The third-order valence-corrected chi connectivity index (χ3v) is 2.70. The third kappa shape index (κ3) is 4.46. The van der Waals surface area contributed by atoms with Crippen LogP contribution in [0.5, 0.6) is 0 Å². The van der Waals surface area contributed by atoms with E-state index in [-0.39, 0.29) is 12.2 Å². The molecule has 1 aromatic carbocycles. The first kappa shape index (κ1) is 14.2. The summed E-state index contributed by atoms with van der Waals surface area (Å²) in [4.78, 5) is 0. The zero-order chi connectivity index (χ0) is 12.7. The quantitative estimate of drug-likeness (QED) is 0.792. The van der Waals surface area contributed by atoms with Gasteiger partial charge in [0.25, 0.3) is 0 Å². The van der Waals surface area contributed by atoms with Crippen LogP contribution >= 0.6 is 0 Å². The second-order valence-corrected chi connectivity index (χ2v) is 4.19. The fourth-order valence-corrected chi connectivity index (χ4v) is 1.81. The zero-order valence-corrected chi connectivity index (χ0v) is 11.0. The number of hydrogen-bond donors (Lipinski definition) is 1.